The molecule has 8 heteroatoms. The van der Waals surface area contributed by atoms with Crippen LogP contribution in [0.1, 0.15) is 12.5 Å². The van der Waals surface area contributed by atoms with Crippen LogP contribution in [0.2, 0.25) is 0 Å². The number of carbonyl (C=O) groups excluding carboxylic acids is 2. The number of epoxide rings is 1. The van der Waals surface area contributed by atoms with Crippen LogP contribution in [-0.4, -0.2) is 30.7 Å². The molecule has 5 nitrogen and oxygen atoms in total. The van der Waals surface area contributed by atoms with E-state index < -0.39 is 35.8 Å². The van der Waals surface area contributed by atoms with Crippen molar-refractivity contribution in [2.75, 3.05) is 11.9 Å². The molecule has 0 bridgehead atoms. The Morgan fingerprint density at radius 1 is 1.33 bits per heavy atom. The Labute approximate surface area is 118 Å². The number of anilines is 1. The summed E-state index contributed by atoms with van der Waals surface area (Å²) in [6, 6.07) is 4.19. The second-order valence-corrected chi connectivity index (χ2v) is 4.30. The summed E-state index contributed by atoms with van der Waals surface area (Å²) in [5, 5.41) is 2.27. The molecule has 1 heterocycles. The van der Waals surface area contributed by atoms with Crippen LogP contribution in [0.15, 0.2) is 24.3 Å². The van der Waals surface area contributed by atoms with E-state index in [1.165, 1.54) is 12.1 Å². The van der Waals surface area contributed by atoms with Gasteiger partial charge in [-0.05, 0) is 25.1 Å². The van der Waals surface area contributed by atoms with Crippen LogP contribution in [0.5, 0.6) is 0 Å². The van der Waals surface area contributed by atoms with Crippen molar-refractivity contribution in [2.45, 2.75) is 25.3 Å². The first kappa shape index (κ1) is 15.3. The number of rotatable bonds is 4. The van der Waals surface area contributed by atoms with Crippen molar-refractivity contribution >= 4 is 17.6 Å². The van der Waals surface area contributed by atoms with E-state index in [2.05, 4.69) is 10.1 Å². The van der Waals surface area contributed by atoms with Gasteiger partial charge in [0.1, 0.15) is 0 Å². The van der Waals surface area contributed by atoms with Gasteiger partial charge in [-0.15, -0.1) is 0 Å². The van der Waals surface area contributed by atoms with E-state index in [1.807, 2.05) is 0 Å². The first-order chi connectivity index (χ1) is 9.82. The van der Waals surface area contributed by atoms with Gasteiger partial charge in [-0.25, -0.2) is 4.79 Å². The zero-order valence-corrected chi connectivity index (χ0v) is 10.9. The molecule has 1 fully saturated rings. The molecule has 1 aromatic rings. The highest BCUT2D eigenvalue weighted by Crippen LogP contribution is 2.31. The van der Waals surface area contributed by atoms with Gasteiger partial charge in [0.05, 0.1) is 12.2 Å². The lowest BCUT2D eigenvalue weighted by Gasteiger charge is -2.09. The molecule has 21 heavy (non-hydrogen) atoms. The average Bonchev–Trinajstić information content (AvgIpc) is 3.18. The van der Waals surface area contributed by atoms with Gasteiger partial charge in [-0.3, -0.25) is 4.79 Å². The number of nitrogens with one attached hydrogen (secondary N) is 1. The second-order valence-electron chi connectivity index (χ2n) is 4.30. The third-order valence-electron chi connectivity index (χ3n) is 2.73. The molecule has 1 aliphatic rings. The van der Waals surface area contributed by atoms with Crippen LogP contribution in [0.3, 0.4) is 0 Å². The normalized spacial score (nSPS) is 20.8. The summed E-state index contributed by atoms with van der Waals surface area (Å²) in [6.45, 7) is 1.76. The number of alkyl halides is 3. The van der Waals surface area contributed by atoms with Crippen molar-refractivity contribution in [3.63, 3.8) is 0 Å². The van der Waals surface area contributed by atoms with E-state index in [0.29, 0.717) is 0 Å². The predicted octanol–water partition coefficient (Wildman–Crippen LogP) is 1.97. The Morgan fingerprint density at radius 3 is 2.67 bits per heavy atom. The average molecular weight is 303 g/mol. The van der Waals surface area contributed by atoms with Gasteiger partial charge in [0, 0.05) is 5.69 Å². The van der Waals surface area contributed by atoms with Gasteiger partial charge < -0.3 is 14.8 Å². The number of hydrogen-bond donors (Lipinski definition) is 1. The minimum absolute atomic E-state index is 0.0204. The maximum absolute atomic E-state index is 12.5. The van der Waals surface area contributed by atoms with Crippen LogP contribution < -0.4 is 5.32 Å². The lowest BCUT2D eigenvalue weighted by atomic mass is 10.2. The monoisotopic (exact) mass is 303 g/mol. The van der Waals surface area contributed by atoms with E-state index >= 15 is 0 Å². The van der Waals surface area contributed by atoms with Gasteiger partial charge >= 0.3 is 12.1 Å². The highest BCUT2D eigenvalue weighted by molar-refractivity contribution is 6.00. The van der Waals surface area contributed by atoms with Gasteiger partial charge in [0.2, 0.25) is 0 Å². The van der Waals surface area contributed by atoms with E-state index in [0.717, 1.165) is 12.1 Å². The van der Waals surface area contributed by atoms with Gasteiger partial charge in [-0.1, -0.05) is 6.07 Å². The number of benzene rings is 1. The Morgan fingerprint density at radius 2 is 2.05 bits per heavy atom. The third-order valence-corrected chi connectivity index (χ3v) is 2.73. The molecule has 2 atom stereocenters. The first-order valence-electron chi connectivity index (χ1n) is 6.13. The molecule has 1 amide bonds. The first-order valence-corrected chi connectivity index (χ1v) is 6.13. The van der Waals surface area contributed by atoms with E-state index in [-0.39, 0.29) is 12.3 Å². The molecule has 0 spiro atoms. The van der Waals surface area contributed by atoms with Crippen molar-refractivity contribution in [3.8, 4) is 0 Å². The standard InChI is InChI=1S/C13H12F3NO4/c1-2-20-12(19)10-9(21-10)11(18)17-8-5-3-4-7(6-8)13(14,15)16/h3-6,9-10H,2H2,1H3,(H,17,18). The number of ether oxygens (including phenoxy) is 2. The SMILES string of the molecule is CCOC(=O)C1OC1C(=O)Nc1cccc(C(F)(F)F)c1. The summed E-state index contributed by atoms with van der Waals surface area (Å²) in [5.74, 6) is -1.35. The Hall–Kier alpha value is -2.09. The molecule has 0 aliphatic carbocycles. The molecule has 1 N–H and O–H groups in total. The molecule has 0 saturated carbocycles. The molecular weight excluding hydrogens is 291 g/mol. The highest BCUT2D eigenvalue weighted by Gasteiger charge is 2.51. The lowest BCUT2D eigenvalue weighted by Crippen LogP contribution is -2.24. The van der Waals surface area contributed by atoms with Crippen molar-refractivity contribution in [1.29, 1.82) is 0 Å². The number of carbonyl (C=O) groups is 2. The number of hydrogen-bond acceptors (Lipinski definition) is 4. The van der Waals surface area contributed by atoms with Crippen LogP contribution in [0.25, 0.3) is 0 Å². The number of halogens is 3. The van der Waals surface area contributed by atoms with Crippen LogP contribution in [-0.2, 0) is 25.2 Å². The third kappa shape index (κ3) is 3.72. The molecule has 2 rings (SSSR count). The largest absolute Gasteiger partial charge is 0.464 e. The van der Waals surface area contributed by atoms with Crippen molar-refractivity contribution < 1.29 is 32.2 Å². The Kier molecular flexibility index (Phi) is 4.17. The number of esters is 1. The van der Waals surface area contributed by atoms with E-state index in [9.17, 15) is 22.8 Å². The van der Waals surface area contributed by atoms with E-state index in [1.54, 1.807) is 6.92 Å². The summed E-state index contributed by atoms with van der Waals surface area (Å²) < 4.78 is 47.1. The Balaban J connectivity index is 1.97. The van der Waals surface area contributed by atoms with Gasteiger partial charge in [0.15, 0.2) is 12.2 Å². The fraction of sp³-hybridized carbons (Fsp3) is 0.385. The minimum atomic E-state index is -4.50. The van der Waals surface area contributed by atoms with Crippen molar-refractivity contribution in [2.24, 2.45) is 0 Å². The maximum Gasteiger partial charge on any atom is 0.416 e. The quantitative estimate of drug-likeness (QED) is 0.682. The summed E-state index contributed by atoms with van der Waals surface area (Å²) in [5.41, 5.74) is -0.896. The van der Waals surface area contributed by atoms with E-state index in [4.69, 9.17) is 4.74 Å². The van der Waals surface area contributed by atoms with Crippen LogP contribution in [0, 0.1) is 0 Å². The van der Waals surface area contributed by atoms with Gasteiger partial charge in [-0.2, -0.15) is 13.2 Å². The fourth-order valence-corrected chi connectivity index (χ4v) is 1.70. The topological polar surface area (TPSA) is 67.9 Å². The summed E-state index contributed by atoms with van der Waals surface area (Å²) >= 11 is 0. The minimum Gasteiger partial charge on any atom is -0.464 e. The molecular formula is C13H12F3NO4. The highest BCUT2D eigenvalue weighted by atomic mass is 19.4. The molecule has 0 radical (unpaired) electrons. The zero-order chi connectivity index (χ0) is 15.6. The molecule has 1 aromatic carbocycles. The molecule has 0 aromatic heterocycles. The van der Waals surface area contributed by atoms with Crippen molar-refractivity contribution in [3.05, 3.63) is 29.8 Å². The maximum atomic E-state index is 12.5. The Bertz CT molecular complexity index is 559. The number of amides is 1. The molecule has 2 unspecified atom stereocenters. The summed E-state index contributed by atoms with van der Waals surface area (Å²) in [4.78, 5) is 23.0. The molecule has 1 aliphatic heterocycles. The molecule has 1 saturated heterocycles. The fourth-order valence-electron chi connectivity index (χ4n) is 1.70. The summed E-state index contributed by atoms with van der Waals surface area (Å²) in [7, 11) is 0. The lowest BCUT2D eigenvalue weighted by molar-refractivity contribution is -0.144. The smallest absolute Gasteiger partial charge is 0.416 e. The van der Waals surface area contributed by atoms with Crippen LogP contribution in [0.4, 0.5) is 18.9 Å². The van der Waals surface area contributed by atoms with Crippen molar-refractivity contribution in [1.82, 2.24) is 0 Å². The molecule has 114 valence electrons. The summed E-state index contributed by atoms with van der Waals surface area (Å²) in [6.07, 6.45) is -6.51. The second kappa shape index (κ2) is 5.72. The predicted molar refractivity (Wildman–Crippen MR) is 65.4 cm³/mol. The zero-order valence-electron chi connectivity index (χ0n) is 10.9. The van der Waals surface area contributed by atoms with Crippen LogP contribution >= 0.6 is 0 Å². The van der Waals surface area contributed by atoms with Gasteiger partial charge in [0.25, 0.3) is 5.91 Å².